The number of aromatic nitrogens is 1. The van der Waals surface area contributed by atoms with Crippen LogP contribution in [0, 0.1) is 23.6 Å². The van der Waals surface area contributed by atoms with Crippen molar-refractivity contribution in [3.05, 3.63) is 36.3 Å². The van der Waals surface area contributed by atoms with E-state index >= 15 is 4.39 Å². The van der Waals surface area contributed by atoms with E-state index in [0.717, 1.165) is 19.4 Å². The van der Waals surface area contributed by atoms with Crippen LogP contribution in [0.5, 0.6) is 5.88 Å². The monoisotopic (exact) mass is 545 g/mol. The van der Waals surface area contributed by atoms with Gasteiger partial charge in [-0.2, -0.15) is 0 Å². The van der Waals surface area contributed by atoms with Gasteiger partial charge in [-0.15, -0.1) is 0 Å². The molecular weight excluding hydrogens is 511 g/mol. The van der Waals surface area contributed by atoms with Crippen molar-refractivity contribution in [3.63, 3.8) is 0 Å². The number of ether oxygens (including phenoxy) is 1. The van der Waals surface area contributed by atoms with Gasteiger partial charge in [-0.05, 0) is 50.9 Å². The van der Waals surface area contributed by atoms with E-state index in [2.05, 4.69) is 27.4 Å². The van der Waals surface area contributed by atoms with Crippen LogP contribution in [0.1, 0.15) is 26.2 Å². The number of amides is 2. The Bertz CT molecular complexity index is 1210. The van der Waals surface area contributed by atoms with Crippen molar-refractivity contribution in [2.24, 2.45) is 17.8 Å². The van der Waals surface area contributed by atoms with Crippen LogP contribution in [-0.2, 0) is 9.59 Å². The van der Waals surface area contributed by atoms with Crippen LogP contribution in [0.2, 0.25) is 0 Å². The first-order valence-electron chi connectivity index (χ1n) is 13.4. The Balaban J connectivity index is 1.44. The average molecular weight is 546 g/mol. The van der Waals surface area contributed by atoms with E-state index in [9.17, 15) is 18.4 Å². The van der Waals surface area contributed by atoms with E-state index in [4.69, 9.17) is 4.74 Å². The average Bonchev–Trinajstić information content (AvgIpc) is 3.75. The molecule has 1 aliphatic carbocycles. The lowest BCUT2D eigenvalue weighted by Gasteiger charge is -2.40. The SMILES string of the molecule is C[C@H]1CN(c2cc(F)c(-c3ccc(OCC4CC4)nc3)cc2NC(=O)C2CNC(=O)CC2C(F)F)CCN1C. The van der Waals surface area contributed by atoms with Crippen molar-refractivity contribution in [1.29, 1.82) is 0 Å². The smallest absolute Gasteiger partial charge is 0.242 e. The lowest BCUT2D eigenvalue weighted by molar-refractivity contribution is -0.133. The summed E-state index contributed by atoms with van der Waals surface area (Å²) >= 11 is 0. The Kier molecular flexibility index (Phi) is 7.97. The molecule has 2 amide bonds. The molecule has 210 valence electrons. The van der Waals surface area contributed by atoms with Crippen molar-refractivity contribution in [3.8, 4) is 17.0 Å². The van der Waals surface area contributed by atoms with Crippen LogP contribution < -0.4 is 20.3 Å². The highest BCUT2D eigenvalue weighted by atomic mass is 19.3. The van der Waals surface area contributed by atoms with Crippen LogP contribution in [-0.4, -0.2) is 74.0 Å². The van der Waals surface area contributed by atoms with Gasteiger partial charge in [-0.1, -0.05) is 0 Å². The van der Waals surface area contributed by atoms with Gasteiger partial charge in [0.2, 0.25) is 24.1 Å². The highest BCUT2D eigenvalue weighted by Gasteiger charge is 2.40. The van der Waals surface area contributed by atoms with Gasteiger partial charge in [0.05, 0.1) is 23.9 Å². The minimum atomic E-state index is -2.82. The molecule has 1 aromatic carbocycles. The standard InChI is InChI=1S/C28H34F3N5O3/c1-16-14-36(8-7-35(16)2)24-11-22(29)19(18-5-6-26(33-12-18)39-15-17-3-4-17)9-23(24)34-28(38)21-13-32-25(37)10-20(21)27(30)31/h5-6,9,11-12,16-17,20-21,27H,3-4,7-8,10,13-15H2,1-2H3,(H,32,37)(H,34,38)/t16-,20?,21?/m0/s1. The summed E-state index contributed by atoms with van der Waals surface area (Å²) < 4.78 is 48.7. The topological polar surface area (TPSA) is 86.8 Å². The van der Waals surface area contributed by atoms with Crippen LogP contribution >= 0.6 is 0 Å². The zero-order valence-corrected chi connectivity index (χ0v) is 22.1. The molecule has 2 unspecified atom stereocenters. The molecule has 11 heteroatoms. The van der Waals surface area contributed by atoms with Gasteiger partial charge in [0.1, 0.15) is 5.82 Å². The van der Waals surface area contributed by atoms with E-state index in [1.165, 1.54) is 18.3 Å². The maximum atomic E-state index is 15.6. The minimum absolute atomic E-state index is 0.180. The Hall–Kier alpha value is -3.34. The first-order valence-corrected chi connectivity index (χ1v) is 13.4. The fraction of sp³-hybridized carbons (Fsp3) is 0.536. The lowest BCUT2D eigenvalue weighted by Crippen LogP contribution is -2.50. The Morgan fingerprint density at radius 2 is 2.05 bits per heavy atom. The van der Waals surface area contributed by atoms with Gasteiger partial charge >= 0.3 is 0 Å². The van der Waals surface area contributed by atoms with E-state index in [-0.39, 0.29) is 18.2 Å². The Morgan fingerprint density at radius 1 is 1.26 bits per heavy atom. The number of hydrogen-bond donors (Lipinski definition) is 2. The fourth-order valence-electron chi connectivity index (χ4n) is 5.11. The summed E-state index contributed by atoms with van der Waals surface area (Å²) in [5, 5.41) is 5.32. The molecule has 3 fully saturated rings. The van der Waals surface area contributed by atoms with E-state index in [1.807, 2.05) is 11.9 Å². The number of pyridine rings is 1. The molecule has 2 aromatic rings. The van der Waals surface area contributed by atoms with Gasteiger partial charge in [0.15, 0.2) is 0 Å². The second-order valence-corrected chi connectivity index (χ2v) is 10.9. The lowest BCUT2D eigenvalue weighted by atomic mass is 9.85. The summed E-state index contributed by atoms with van der Waals surface area (Å²) in [6.45, 7) is 4.44. The zero-order valence-electron chi connectivity index (χ0n) is 22.1. The maximum absolute atomic E-state index is 15.6. The summed E-state index contributed by atoms with van der Waals surface area (Å²) in [5.41, 5.74) is 1.53. The van der Waals surface area contributed by atoms with Gasteiger partial charge in [0, 0.05) is 67.9 Å². The second kappa shape index (κ2) is 11.4. The molecule has 3 atom stereocenters. The summed E-state index contributed by atoms with van der Waals surface area (Å²) in [6, 6.07) is 6.50. The number of likely N-dealkylation sites (N-methyl/N-ethyl adjacent to an activating group) is 1. The molecule has 3 aliphatic rings. The summed E-state index contributed by atoms with van der Waals surface area (Å²) in [6.07, 6.45) is 0.588. The normalized spacial score (nSPS) is 24.0. The highest BCUT2D eigenvalue weighted by Crippen LogP contribution is 2.37. The van der Waals surface area contributed by atoms with Crippen LogP contribution in [0.3, 0.4) is 0 Å². The van der Waals surface area contributed by atoms with Crippen LogP contribution in [0.15, 0.2) is 30.5 Å². The molecule has 2 saturated heterocycles. The quantitative estimate of drug-likeness (QED) is 0.525. The third-order valence-electron chi connectivity index (χ3n) is 7.97. The summed E-state index contributed by atoms with van der Waals surface area (Å²) in [7, 11) is 2.02. The molecule has 1 saturated carbocycles. The molecule has 0 spiro atoms. The molecule has 8 nitrogen and oxygen atoms in total. The van der Waals surface area contributed by atoms with Crippen LogP contribution in [0.25, 0.3) is 11.1 Å². The van der Waals surface area contributed by atoms with Gasteiger partial charge in [-0.25, -0.2) is 18.2 Å². The predicted molar refractivity (Wildman–Crippen MR) is 141 cm³/mol. The molecule has 3 heterocycles. The number of nitrogens with zero attached hydrogens (tertiary/aromatic N) is 3. The number of carbonyl (C=O) groups excluding carboxylic acids is 2. The molecular formula is C28H34F3N5O3. The van der Waals surface area contributed by atoms with E-state index in [1.54, 1.807) is 12.1 Å². The molecule has 2 aliphatic heterocycles. The molecule has 1 aromatic heterocycles. The molecule has 0 radical (unpaired) electrons. The first kappa shape index (κ1) is 27.2. The predicted octanol–water partition coefficient (Wildman–Crippen LogP) is 3.77. The van der Waals surface area contributed by atoms with Crippen LogP contribution in [0.4, 0.5) is 24.5 Å². The number of piperidine rings is 1. The van der Waals surface area contributed by atoms with Crippen molar-refractivity contribution in [1.82, 2.24) is 15.2 Å². The number of alkyl halides is 2. The Morgan fingerprint density at radius 3 is 2.72 bits per heavy atom. The van der Waals surface area contributed by atoms with Gasteiger partial charge in [0.25, 0.3) is 0 Å². The van der Waals surface area contributed by atoms with Crippen molar-refractivity contribution in [2.75, 3.05) is 50.1 Å². The largest absolute Gasteiger partial charge is 0.477 e. The second-order valence-electron chi connectivity index (χ2n) is 10.9. The highest BCUT2D eigenvalue weighted by molar-refractivity contribution is 5.98. The van der Waals surface area contributed by atoms with Crippen molar-refractivity contribution < 1.29 is 27.5 Å². The number of anilines is 2. The minimum Gasteiger partial charge on any atom is -0.477 e. The molecule has 2 N–H and O–H groups in total. The van der Waals surface area contributed by atoms with Gasteiger partial charge in [-0.3, -0.25) is 9.59 Å². The fourth-order valence-corrected chi connectivity index (χ4v) is 5.11. The third-order valence-corrected chi connectivity index (χ3v) is 7.97. The third kappa shape index (κ3) is 6.29. The van der Waals surface area contributed by atoms with Crippen molar-refractivity contribution in [2.45, 2.75) is 38.7 Å². The van der Waals surface area contributed by atoms with E-state index < -0.39 is 42.3 Å². The van der Waals surface area contributed by atoms with Gasteiger partial charge < -0.3 is 25.2 Å². The zero-order chi connectivity index (χ0) is 27.7. The first-order chi connectivity index (χ1) is 18.7. The summed E-state index contributed by atoms with van der Waals surface area (Å²) in [5.74, 6) is -3.10. The number of nitrogens with one attached hydrogen (secondary N) is 2. The number of hydrogen-bond acceptors (Lipinski definition) is 6. The number of halogens is 3. The Labute approximate surface area is 225 Å². The molecule has 5 rings (SSSR count). The maximum Gasteiger partial charge on any atom is 0.242 e. The number of piperazine rings is 1. The number of rotatable bonds is 8. The number of carbonyl (C=O) groups is 2. The van der Waals surface area contributed by atoms with Crippen molar-refractivity contribution >= 4 is 23.2 Å². The molecule has 39 heavy (non-hydrogen) atoms. The molecule has 0 bridgehead atoms. The number of benzene rings is 1. The van der Waals surface area contributed by atoms with E-state index in [0.29, 0.717) is 48.4 Å². The summed E-state index contributed by atoms with van der Waals surface area (Å²) in [4.78, 5) is 33.5.